The second-order valence-corrected chi connectivity index (χ2v) is 4.56. The zero-order valence-electron chi connectivity index (χ0n) is 11.7. The van der Waals surface area contributed by atoms with Crippen LogP contribution in [0.1, 0.15) is 11.3 Å². The molecule has 0 atom stereocenters. The zero-order chi connectivity index (χ0) is 16.9. The number of alkyl halides is 3. The maximum absolute atomic E-state index is 12.1. The molecule has 0 spiro atoms. The van der Waals surface area contributed by atoms with Crippen LogP contribution in [0.2, 0.25) is 0 Å². The lowest BCUT2D eigenvalue weighted by Crippen LogP contribution is -2.17. The second-order valence-electron chi connectivity index (χ2n) is 4.56. The minimum atomic E-state index is -4.72. The molecule has 0 bridgehead atoms. The van der Waals surface area contributed by atoms with E-state index < -0.39 is 12.3 Å². The molecule has 0 fully saturated rings. The molecule has 2 N–H and O–H groups in total. The van der Waals surface area contributed by atoms with Crippen LogP contribution in [0, 0.1) is 0 Å². The lowest BCUT2D eigenvalue weighted by Gasteiger charge is -2.10. The molecule has 23 heavy (non-hydrogen) atoms. The minimum Gasteiger partial charge on any atom is -0.406 e. The number of carbonyl (C=O) groups excluding carboxylic acids is 1. The highest BCUT2D eigenvalue weighted by Gasteiger charge is 2.30. The summed E-state index contributed by atoms with van der Waals surface area (Å²) in [6.07, 6.45) is -0.289. The van der Waals surface area contributed by atoms with E-state index in [0.717, 1.165) is 11.6 Å². The molecule has 0 saturated carbocycles. The Bertz CT molecular complexity index is 691. The van der Waals surface area contributed by atoms with Crippen molar-refractivity contribution < 1.29 is 27.9 Å². The maximum atomic E-state index is 12.1. The van der Waals surface area contributed by atoms with E-state index in [2.05, 4.69) is 4.74 Å². The van der Waals surface area contributed by atoms with Gasteiger partial charge in [0.1, 0.15) is 5.75 Å². The molecule has 5 nitrogen and oxygen atoms in total. The molecule has 0 aliphatic carbocycles. The first-order chi connectivity index (χ1) is 10.9. The van der Waals surface area contributed by atoms with Gasteiger partial charge >= 0.3 is 6.36 Å². The Labute approximate surface area is 129 Å². The molecule has 0 aliphatic heterocycles. The third-order valence-corrected chi connectivity index (χ3v) is 2.89. The van der Waals surface area contributed by atoms with Gasteiger partial charge in [-0.2, -0.15) is 0 Å². The van der Waals surface area contributed by atoms with Crippen molar-refractivity contribution in [3.8, 4) is 5.75 Å². The number of carbonyl (C=O) groups is 1. The Morgan fingerprint density at radius 3 is 2.57 bits per heavy atom. The van der Waals surface area contributed by atoms with Gasteiger partial charge in [0.2, 0.25) is 0 Å². The smallest absolute Gasteiger partial charge is 0.406 e. The topological polar surface area (TPSA) is 63.5 Å². The fourth-order valence-electron chi connectivity index (χ4n) is 1.91. The number of ether oxygens (including phenoxy) is 1. The Morgan fingerprint density at radius 2 is 1.96 bits per heavy atom. The average molecular weight is 326 g/mol. The molecule has 122 valence electrons. The fraction of sp³-hybridized carbons (Fsp3) is 0.133. The highest BCUT2D eigenvalue weighted by molar-refractivity contribution is 5.90. The summed E-state index contributed by atoms with van der Waals surface area (Å²) in [6.45, 7) is 0.402. The van der Waals surface area contributed by atoms with Gasteiger partial charge in [-0.05, 0) is 35.9 Å². The van der Waals surface area contributed by atoms with Gasteiger partial charge in [-0.3, -0.25) is 10.0 Å². The molecule has 0 unspecified atom stereocenters. The van der Waals surface area contributed by atoms with Crippen molar-refractivity contribution >= 4 is 12.0 Å². The molecular formula is C15H13F3N2O3. The van der Waals surface area contributed by atoms with Crippen molar-refractivity contribution in [1.29, 1.82) is 0 Å². The molecule has 1 amide bonds. The maximum Gasteiger partial charge on any atom is 0.573 e. The number of rotatable bonds is 5. The van der Waals surface area contributed by atoms with Crippen molar-refractivity contribution in [2.75, 3.05) is 0 Å². The molecule has 1 aromatic carbocycles. The lowest BCUT2D eigenvalue weighted by molar-refractivity contribution is -0.274. The van der Waals surface area contributed by atoms with Crippen molar-refractivity contribution in [2.45, 2.75) is 12.9 Å². The fourth-order valence-corrected chi connectivity index (χ4v) is 1.91. The summed E-state index contributed by atoms with van der Waals surface area (Å²) < 4.78 is 41.9. The summed E-state index contributed by atoms with van der Waals surface area (Å²) in [5.41, 5.74) is 2.94. The largest absolute Gasteiger partial charge is 0.573 e. The van der Waals surface area contributed by atoms with Gasteiger partial charge in [-0.25, -0.2) is 5.48 Å². The zero-order valence-corrected chi connectivity index (χ0v) is 11.7. The van der Waals surface area contributed by atoms with Gasteiger partial charge in [-0.15, -0.1) is 13.2 Å². The van der Waals surface area contributed by atoms with Crippen LogP contribution in [0.25, 0.3) is 6.08 Å². The highest BCUT2D eigenvalue weighted by atomic mass is 19.4. The molecule has 0 aliphatic rings. The number of nitrogens with one attached hydrogen (secondary N) is 1. The minimum absolute atomic E-state index is 0.284. The normalized spacial score (nSPS) is 11.7. The summed E-state index contributed by atoms with van der Waals surface area (Å²) in [5.74, 6) is -0.945. The number of aromatic nitrogens is 1. The van der Waals surface area contributed by atoms with Crippen LogP contribution in [0.15, 0.2) is 48.7 Å². The Morgan fingerprint density at radius 1 is 1.26 bits per heavy atom. The van der Waals surface area contributed by atoms with Crippen LogP contribution in [0.4, 0.5) is 13.2 Å². The number of benzene rings is 1. The highest BCUT2D eigenvalue weighted by Crippen LogP contribution is 2.23. The molecule has 0 saturated heterocycles. The summed E-state index contributed by atoms with van der Waals surface area (Å²) in [5, 5.41) is 8.42. The third-order valence-electron chi connectivity index (χ3n) is 2.89. The lowest BCUT2D eigenvalue weighted by atomic mass is 10.2. The predicted octanol–water partition coefficient (Wildman–Crippen LogP) is 2.95. The van der Waals surface area contributed by atoms with Gasteiger partial charge < -0.3 is 9.30 Å². The average Bonchev–Trinajstić information content (AvgIpc) is 2.92. The summed E-state index contributed by atoms with van der Waals surface area (Å²) >= 11 is 0. The van der Waals surface area contributed by atoms with E-state index in [4.69, 9.17) is 5.21 Å². The number of hydrogen-bond acceptors (Lipinski definition) is 3. The Kier molecular flexibility index (Phi) is 5.07. The van der Waals surface area contributed by atoms with Crippen molar-refractivity contribution in [3.63, 3.8) is 0 Å². The van der Waals surface area contributed by atoms with Crippen molar-refractivity contribution in [1.82, 2.24) is 10.0 Å². The third kappa shape index (κ3) is 5.19. The van der Waals surface area contributed by atoms with Crippen molar-refractivity contribution in [3.05, 3.63) is 59.9 Å². The quantitative estimate of drug-likeness (QED) is 0.504. The van der Waals surface area contributed by atoms with Crippen LogP contribution >= 0.6 is 0 Å². The van der Waals surface area contributed by atoms with E-state index in [1.807, 2.05) is 0 Å². The van der Waals surface area contributed by atoms with E-state index in [1.165, 1.54) is 35.8 Å². The van der Waals surface area contributed by atoms with E-state index >= 15 is 0 Å². The number of halogens is 3. The molecule has 2 rings (SSSR count). The van der Waals surface area contributed by atoms with E-state index in [0.29, 0.717) is 12.2 Å². The number of amides is 1. The molecule has 0 radical (unpaired) electrons. The first-order valence-corrected chi connectivity index (χ1v) is 6.49. The Balaban J connectivity index is 2.07. The predicted molar refractivity (Wildman–Crippen MR) is 75.6 cm³/mol. The van der Waals surface area contributed by atoms with Crippen molar-refractivity contribution in [2.24, 2.45) is 0 Å². The second kappa shape index (κ2) is 7.01. The van der Waals surface area contributed by atoms with Gasteiger partial charge in [0, 0.05) is 24.5 Å². The van der Waals surface area contributed by atoms with Gasteiger partial charge in [0.15, 0.2) is 0 Å². The van der Waals surface area contributed by atoms with Gasteiger partial charge in [0.25, 0.3) is 5.91 Å². The summed E-state index contributed by atoms with van der Waals surface area (Å²) in [7, 11) is 0. The first-order valence-electron chi connectivity index (χ1n) is 6.49. The first kappa shape index (κ1) is 16.6. The Hall–Kier alpha value is -2.74. The standard InChI is InChI=1S/C15H13F3N2O3/c16-15(17,18)23-13-6-3-11(4-7-13)10-20-9-1-2-12(20)5-8-14(21)19-22/h1-9,22H,10H2,(H,19,21)/b8-5+. The van der Waals surface area contributed by atoms with Crippen LogP contribution in [0.3, 0.4) is 0 Å². The number of nitrogens with zero attached hydrogens (tertiary/aromatic N) is 1. The van der Waals surface area contributed by atoms with E-state index in [1.54, 1.807) is 22.9 Å². The van der Waals surface area contributed by atoms with E-state index in [9.17, 15) is 18.0 Å². The summed E-state index contributed by atoms with van der Waals surface area (Å²) in [4.78, 5) is 11.0. The van der Waals surface area contributed by atoms with Gasteiger partial charge in [0.05, 0.1) is 0 Å². The monoisotopic (exact) mass is 326 g/mol. The molecular weight excluding hydrogens is 313 g/mol. The molecule has 2 aromatic rings. The SMILES string of the molecule is O=C(/C=C/c1cccn1Cc1ccc(OC(F)(F)F)cc1)NO. The van der Waals surface area contributed by atoms with Crippen LogP contribution in [-0.2, 0) is 11.3 Å². The van der Waals surface area contributed by atoms with Crippen LogP contribution in [0.5, 0.6) is 5.75 Å². The van der Waals surface area contributed by atoms with E-state index in [-0.39, 0.29) is 5.75 Å². The molecule has 8 heteroatoms. The van der Waals surface area contributed by atoms with Crippen LogP contribution < -0.4 is 10.2 Å². The molecule has 1 heterocycles. The summed E-state index contributed by atoms with van der Waals surface area (Å²) in [6, 6.07) is 9.03. The molecule has 1 aromatic heterocycles. The number of hydroxylamine groups is 1. The number of hydrogen-bond donors (Lipinski definition) is 2. The van der Waals surface area contributed by atoms with Gasteiger partial charge in [-0.1, -0.05) is 12.1 Å². The van der Waals surface area contributed by atoms with Crippen LogP contribution in [-0.4, -0.2) is 22.0 Å².